The van der Waals surface area contributed by atoms with Crippen LogP contribution in [0.1, 0.15) is 39.3 Å². The first-order valence-electron chi connectivity index (χ1n) is 12.2. The van der Waals surface area contributed by atoms with Gasteiger partial charge in [0.05, 0.1) is 11.1 Å². The van der Waals surface area contributed by atoms with Crippen LogP contribution in [0.5, 0.6) is 0 Å². The van der Waals surface area contributed by atoms with E-state index in [1.165, 1.54) is 18.9 Å². The Morgan fingerprint density at radius 2 is 2.13 bits per heavy atom. The summed E-state index contributed by atoms with van der Waals surface area (Å²) in [7, 11) is 1.31. The highest BCUT2D eigenvalue weighted by molar-refractivity contribution is 8.00. The minimum absolute atomic E-state index is 0.0635. The molecule has 2 saturated heterocycles. The summed E-state index contributed by atoms with van der Waals surface area (Å²) in [6.45, 7) is 6.17. The molecule has 4 rings (SSSR count). The summed E-state index contributed by atoms with van der Waals surface area (Å²) in [5.74, 6) is -0.507. The average Bonchev–Trinajstić information content (AvgIpc) is 3.56. The van der Waals surface area contributed by atoms with E-state index in [1.807, 2.05) is 0 Å². The number of thiocarbonyl (C=S) groups is 1. The van der Waals surface area contributed by atoms with Gasteiger partial charge in [-0.15, -0.1) is 23.1 Å². The Hall–Kier alpha value is -2.75. The number of nitrogens with zero attached hydrogens (tertiary/aromatic N) is 3. The van der Waals surface area contributed by atoms with Crippen molar-refractivity contribution >= 4 is 69.0 Å². The summed E-state index contributed by atoms with van der Waals surface area (Å²) in [5, 5.41) is 8.03. The van der Waals surface area contributed by atoms with Crippen molar-refractivity contribution in [2.24, 2.45) is 16.5 Å². The summed E-state index contributed by atoms with van der Waals surface area (Å²) < 4.78 is 16.4. The third-order valence-electron chi connectivity index (χ3n) is 6.24. The number of thiazole rings is 1. The smallest absolute Gasteiger partial charge is 0.314 e. The zero-order valence-corrected chi connectivity index (χ0v) is 24.5. The fraction of sp³-hybridized carbons (Fsp3) is 0.583. The maximum Gasteiger partial charge on any atom is 0.314 e. The van der Waals surface area contributed by atoms with Gasteiger partial charge in [-0.3, -0.25) is 19.3 Å². The molecule has 1 aromatic heterocycles. The summed E-state index contributed by atoms with van der Waals surface area (Å²) >= 11 is 8.25. The number of β-lactam (4-membered cyclic amide) rings is 1. The molecule has 3 aliphatic heterocycles. The van der Waals surface area contributed by atoms with Gasteiger partial charge in [0, 0.05) is 24.3 Å². The second-order valence-corrected chi connectivity index (χ2v) is 12.5. The van der Waals surface area contributed by atoms with Crippen LogP contribution in [0, 0.1) is 11.3 Å². The molecule has 15 heteroatoms. The Morgan fingerprint density at radius 3 is 2.74 bits per heavy atom. The van der Waals surface area contributed by atoms with E-state index in [9.17, 15) is 14.4 Å². The molecule has 3 aliphatic rings. The van der Waals surface area contributed by atoms with Crippen LogP contribution >= 0.6 is 35.3 Å². The van der Waals surface area contributed by atoms with Gasteiger partial charge < -0.3 is 30.1 Å². The van der Waals surface area contributed by atoms with Crippen LogP contribution in [-0.2, 0) is 33.4 Å². The first kappa shape index (κ1) is 29.2. The van der Waals surface area contributed by atoms with Crippen LogP contribution in [0.4, 0.5) is 5.13 Å². The van der Waals surface area contributed by atoms with Gasteiger partial charge in [0.25, 0.3) is 11.8 Å². The standard InChI is InChI=1S/C24H31N5O7S3/c1-24(2,3)22(32)36-11-35-21(37)17-13(7-12-5-6-34-8-12)9-38-20-16(19(31)29(17)20)27-18(30)15(28-33-4)14-10-39-23(25)26-14/h10,12,16,20H,5-9,11H2,1-4H3,(H2,25,26)(H,27,30)/b28-15+/t12?,16?,20-/m1/s1. The molecule has 0 saturated carbocycles. The maximum atomic E-state index is 13.4. The predicted molar refractivity (Wildman–Crippen MR) is 150 cm³/mol. The maximum absolute atomic E-state index is 13.4. The molecule has 0 bridgehead atoms. The predicted octanol–water partition coefficient (Wildman–Crippen LogP) is 2.05. The normalized spacial score (nSPS) is 23.2. The molecule has 2 fully saturated rings. The van der Waals surface area contributed by atoms with Crippen molar-refractivity contribution < 1.29 is 33.4 Å². The Labute approximate surface area is 239 Å². The third kappa shape index (κ3) is 6.53. The quantitative estimate of drug-likeness (QED) is 0.107. The number of nitrogens with two attached hydrogens (primary N) is 1. The number of nitrogen functional groups attached to an aromatic ring is 1. The van der Waals surface area contributed by atoms with Crippen LogP contribution in [0.25, 0.3) is 0 Å². The largest absolute Gasteiger partial charge is 0.445 e. The number of rotatable bonds is 9. The van der Waals surface area contributed by atoms with Crippen molar-refractivity contribution in [3.8, 4) is 0 Å². The fourth-order valence-electron chi connectivity index (χ4n) is 4.24. The Morgan fingerprint density at radius 1 is 1.36 bits per heavy atom. The molecular formula is C24H31N5O7S3. The number of nitrogens with one attached hydrogen (secondary N) is 1. The van der Waals surface area contributed by atoms with Gasteiger partial charge in [0.2, 0.25) is 11.8 Å². The van der Waals surface area contributed by atoms with E-state index in [0.717, 1.165) is 23.3 Å². The first-order valence-corrected chi connectivity index (χ1v) is 14.6. The second-order valence-electron chi connectivity index (χ2n) is 10.2. The Bertz CT molecular complexity index is 1200. The molecule has 4 heterocycles. The van der Waals surface area contributed by atoms with Gasteiger partial charge in [-0.25, -0.2) is 4.98 Å². The number of oxime groups is 1. The van der Waals surface area contributed by atoms with E-state index in [2.05, 4.69) is 15.5 Å². The summed E-state index contributed by atoms with van der Waals surface area (Å²) in [6, 6.07) is -0.826. The van der Waals surface area contributed by atoms with Crippen molar-refractivity contribution in [1.29, 1.82) is 0 Å². The lowest BCUT2D eigenvalue weighted by Crippen LogP contribution is -2.71. The lowest BCUT2D eigenvalue weighted by molar-refractivity contribution is -0.160. The second kappa shape index (κ2) is 12.2. The topological polar surface area (TPSA) is 155 Å². The minimum Gasteiger partial charge on any atom is -0.445 e. The van der Waals surface area contributed by atoms with Crippen LogP contribution in [0.2, 0.25) is 0 Å². The summed E-state index contributed by atoms with van der Waals surface area (Å²) in [6.07, 6.45) is 1.61. The van der Waals surface area contributed by atoms with Crippen molar-refractivity contribution in [2.75, 3.05) is 38.6 Å². The highest BCUT2D eigenvalue weighted by atomic mass is 32.2. The number of amides is 2. The lowest BCUT2D eigenvalue weighted by atomic mass is 9.95. The van der Waals surface area contributed by atoms with E-state index in [0.29, 0.717) is 37.0 Å². The number of ether oxygens (including phenoxy) is 3. The fourth-order valence-corrected chi connectivity index (χ4v) is 6.44. The van der Waals surface area contributed by atoms with Gasteiger partial charge in [0.15, 0.2) is 10.8 Å². The van der Waals surface area contributed by atoms with E-state index in [-0.39, 0.29) is 34.3 Å². The molecule has 2 amide bonds. The molecule has 0 radical (unpaired) electrons. The number of thioether (sulfide) groups is 1. The summed E-state index contributed by atoms with van der Waals surface area (Å²) in [5.41, 5.74) is 6.61. The monoisotopic (exact) mass is 597 g/mol. The van der Waals surface area contributed by atoms with Crippen molar-refractivity contribution in [1.82, 2.24) is 15.2 Å². The zero-order valence-electron chi connectivity index (χ0n) is 22.1. The molecule has 3 N–H and O–H groups in total. The molecule has 1 aromatic rings. The van der Waals surface area contributed by atoms with E-state index in [4.69, 9.17) is 37.0 Å². The van der Waals surface area contributed by atoms with E-state index in [1.54, 1.807) is 31.1 Å². The number of carbonyl (C=O) groups excluding carboxylic acids is 3. The lowest BCUT2D eigenvalue weighted by Gasteiger charge is -2.50. The van der Waals surface area contributed by atoms with Crippen LogP contribution < -0.4 is 11.1 Å². The van der Waals surface area contributed by atoms with Crippen LogP contribution in [0.15, 0.2) is 21.8 Å². The minimum atomic E-state index is -0.826. The first-order chi connectivity index (χ1) is 18.5. The van der Waals surface area contributed by atoms with Gasteiger partial charge in [0.1, 0.15) is 24.2 Å². The van der Waals surface area contributed by atoms with E-state index >= 15 is 0 Å². The highest BCUT2D eigenvalue weighted by Gasteiger charge is 2.54. The zero-order chi connectivity index (χ0) is 28.3. The Kier molecular flexibility index (Phi) is 9.14. The molecule has 0 aliphatic carbocycles. The number of aromatic nitrogens is 1. The number of esters is 1. The van der Waals surface area contributed by atoms with Crippen molar-refractivity contribution in [2.45, 2.75) is 45.0 Å². The van der Waals surface area contributed by atoms with Gasteiger partial charge in [-0.1, -0.05) is 5.16 Å². The van der Waals surface area contributed by atoms with Crippen LogP contribution in [0.3, 0.4) is 0 Å². The number of hydrogen-bond donors (Lipinski definition) is 2. The number of hydrogen-bond acceptors (Lipinski definition) is 13. The molecule has 3 atom stereocenters. The van der Waals surface area contributed by atoms with Gasteiger partial charge >= 0.3 is 5.97 Å². The van der Waals surface area contributed by atoms with Crippen molar-refractivity contribution in [3.63, 3.8) is 0 Å². The average molecular weight is 598 g/mol. The molecule has 2 unspecified atom stereocenters. The molecule has 12 nitrogen and oxygen atoms in total. The Balaban J connectivity index is 1.50. The van der Waals surface area contributed by atoms with Crippen molar-refractivity contribution in [3.05, 3.63) is 22.3 Å². The third-order valence-corrected chi connectivity index (χ3v) is 8.57. The molecule has 39 heavy (non-hydrogen) atoms. The number of anilines is 1. The molecule has 212 valence electrons. The van der Waals surface area contributed by atoms with Gasteiger partial charge in [-0.2, -0.15) is 0 Å². The number of carbonyl (C=O) groups is 3. The molecule has 0 aromatic carbocycles. The van der Waals surface area contributed by atoms with Gasteiger partial charge in [-0.05, 0) is 57.3 Å². The van der Waals surface area contributed by atoms with E-state index < -0.39 is 28.7 Å². The number of fused-ring (bicyclic) bond motifs is 1. The molecular weight excluding hydrogens is 566 g/mol. The summed E-state index contributed by atoms with van der Waals surface area (Å²) in [4.78, 5) is 49.1. The van der Waals surface area contributed by atoms with Crippen LogP contribution in [-0.4, -0.2) is 82.7 Å². The highest BCUT2D eigenvalue weighted by Crippen LogP contribution is 2.43. The molecule has 0 spiro atoms. The SMILES string of the molecule is CO/N=C(/C(=O)NC1C(=O)N2C(C(=S)OCOC(=O)C(C)(C)C)=C(CC3CCOC3)CS[C@H]12)c1csc(N)n1.